The van der Waals surface area contributed by atoms with Gasteiger partial charge < -0.3 is 0 Å². The first kappa shape index (κ1) is 73.6. The highest BCUT2D eigenvalue weighted by Crippen LogP contribution is 2.39. The Kier molecular flexibility index (Phi) is 21.0. The lowest BCUT2D eigenvalue weighted by atomic mass is 9.99. The molecule has 0 saturated carbocycles. The molecule has 0 unspecified atom stereocenters. The van der Waals surface area contributed by atoms with Crippen LogP contribution in [0.1, 0.15) is 0 Å². The molecule has 0 spiro atoms. The van der Waals surface area contributed by atoms with Crippen molar-refractivity contribution in [1.29, 1.82) is 0 Å². The Balaban J connectivity index is 0.000000159. The van der Waals surface area contributed by atoms with Crippen LogP contribution in [0.4, 0.5) is 0 Å². The molecule has 0 bridgehead atoms. The number of hydrogen-bond donors (Lipinski definition) is 0. The molecule has 10 aromatic carbocycles. The zero-order valence-electron chi connectivity index (χ0n) is 64.7. The molecule has 0 aliphatic carbocycles. The minimum atomic E-state index is 0.639. The fourth-order valence-corrected chi connectivity index (χ4v) is 14.4. The summed E-state index contributed by atoms with van der Waals surface area (Å²) in [6.07, 6.45) is 7.20. The molecular weight excluding hydrogens is 1470 g/mol. The maximum atomic E-state index is 5.15. The first-order valence-corrected chi connectivity index (χ1v) is 39.4. The van der Waals surface area contributed by atoms with Crippen LogP contribution in [0.5, 0.6) is 0 Å². The van der Waals surface area contributed by atoms with Gasteiger partial charge in [-0.2, -0.15) is 0 Å². The summed E-state index contributed by atoms with van der Waals surface area (Å²) in [7, 11) is 0. The molecule has 0 atom stereocenters. The summed E-state index contributed by atoms with van der Waals surface area (Å²) >= 11 is 0. The van der Waals surface area contributed by atoms with Gasteiger partial charge >= 0.3 is 0 Å². The SMILES string of the molecule is c1ccc(-c2cc(-c3ccccc3)nc(-c3ccc(-c4cc(-c5ccccn5)nc(-c5cc(-c6cc(-c7ccccc7)nc(-c7ccccc7)n6)ccn5)c4)cc3)n2)cc1.c1ccc(-c2cc(-c3ccnc(-c4cc(-c5cccc(-c6nc(-c7ccccc7)cc(-c7ccccc7)n6)c5)cc(-c5ccccn5)n4)c3)nc(-c3ccccc3)n2)cc1. The zero-order valence-corrected chi connectivity index (χ0v) is 64.7. The molecule has 0 aliphatic rings. The monoisotopic (exact) mass is 1540 g/mol. The summed E-state index contributed by atoms with van der Waals surface area (Å²) in [4.78, 5) is 69.7. The summed E-state index contributed by atoms with van der Waals surface area (Å²) in [6.45, 7) is 0. The molecule has 14 nitrogen and oxygen atoms in total. The van der Waals surface area contributed by atoms with E-state index in [9.17, 15) is 0 Å². The molecule has 20 aromatic rings. The molecular formula is C106H70N14. The van der Waals surface area contributed by atoms with Gasteiger partial charge in [0.25, 0.3) is 0 Å². The lowest BCUT2D eigenvalue weighted by Crippen LogP contribution is -1.98. The van der Waals surface area contributed by atoms with Crippen molar-refractivity contribution in [3.63, 3.8) is 0 Å². The highest BCUT2D eigenvalue weighted by Gasteiger charge is 2.21. The predicted molar refractivity (Wildman–Crippen MR) is 480 cm³/mol. The second kappa shape index (κ2) is 34.2. The Labute approximate surface area is 694 Å². The van der Waals surface area contributed by atoms with Crippen LogP contribution in [0.15, 0.2) is 425 Å². The summed E-state index contributed by atoms with van der Waals surface area (Å²) < 4.78 is 0. The Bertz CT molecular complexity index is 6550. The van der Waals surface area contributed by atoms with E-state index in [0.717, 1.165) is 157 Å². The average molecular weight is 1540 g/mol. The predicted octanol–water partition coefficient (Wildman–Crippen LogP) is 24.9. The van der Waals surface area contributed by atoms with Gasteiger partial charge in [0.15, 0.2) is 23.3 Å². The standard InChI is InChI=1S/2C53H35N7/c1-5-16-36(17-6-1)45-34-46(37-18-7-2-8-19-37)59-53(58-45)42-25-15-24-40(30-42)43-32-50(44-26-13-14-28-54-44)56-51(33-43)49-31-41(27-29-55-49)48-35-47(38-20-9-3-10-21-38)57-52(60-48)39-22-11-4-12-23-39;1-5-15-37(16-6-1)45-34-46(38-17-7-2-8-18-38)59-53(58-45)41-26-24-36(25-27-41)43-32-50(44-23-13-14-29-54-44)56-51(33-43)49-31-42(28-30-55-49)48-35-47(39-19-9-3-10-20-39)57-52(60-48)40-21-11-4-12-22-40/h2*1-35H. The van der Waals surface area contributed by atoms with Crippen LogP contribution in [0.3, 0.4) is 0 Å². The van der Waals surface area contributed by atoms with Gasteiger partial charge in [-0.3, -0.25) is 19.9 Å². The normalized spacial score (nSPS) is 11.0. The maximum Gasteiger partial charge on any atom is 0.160 e. The van der Waals surface area contributed by atoms with Gasteiger partial charge in [0, 0.05) is 91.5 Å². The minimum Gasteiger partial charge on any atom is -0.255 e. The van der Waals surface area contributed by atoms with Gasteiger partial charge in [-0.1, -0.05) is 297 Å². The van der Waals surface area contributed by atoms with E-state index in [0.29, 0.717) is 46.1 Å². The van der Waals surface area contributed by atoms with E-state index in [1.807, 2.05) is 255 Å². The number of nitrogens with zero attached hydrogens (tertiary/aromatic N) is 14. The molecule has 10 heterocycles. The quantitative estimate of drug-likeness (QED) is 0.0791. The van der Waals surface area contributed by atoms with Crippen molar-refractivity contribution in [2.24, 2.45) is 0 Å². The molecule has 0 aliphatic heterocycles. The van der Waals surface area contributed by atoms with E-state index in [-0.39, 0.29) is 0 Å². The van der Waals surface area contributed by atoms with Crippen molar-refractivity contribution >= 4 is 0 Å². The second-order valence-corrected chi connectivity index (χ2v) is 28.5. The van der Waals surface area contributed by atoms with Crippen molar-refractivity contribution in [2.45, 2.75) is 0 Å². The van der Waals surface area contributed by atoms with E-state index >= 15 is 0 Å². The summed E-state index contributed by atoms with van der Waals surface area (Å²) in [6, 6.07) is 134. The lowest BCUT2D eigenvalue weighted by Gasteiger charge is -2.13. The summed E-state index contributed by atoms with van der Waals surface area (Å²) in [5.41, 5.74) is 28.1. The van der Waals surface area contributed by atoms with Crippen LogP contribution in [0, 0.1) is 0 Å². The Morgan fingerprint density at radius 3 is 0.650 bits per heavy atom. The Morgan fingerprint density at radius 2 is 0.333 bits per heavy atom. The molecule has 14 heteroatoms. The third-order valence-corrected chi connectivity index (χ3v) is 20.5. The van der Waals surface area contributed by atoms with E-state index in [1.165, 1.54) is 0 Å². The molecule has 20 rings (SSSR count). The van der Waals surface area contributed by atoms with E-state index in [2.05, 4.69) is 168 Å². The Morgan fingerprint density at radius 1 is 0.100 bits per heavy atom. The molecule has 0 radical (unpaired) electrons. The number of benzene rings is 10. The highest BCUT2D eigenvalue weighted by molar-refractivity contribution is 5.84. The third-order valence-electron chi connectivity index (χ3n) is 20.5. The Hall–Kier alpha value is -16.6. The highest BCUT2D eigenvalue weighted by atomic mass is 14.9. The first-order valence-electron chi connectivity index (χ1n) is 39.4. The van der Waals surface area contributed by atoms with Gasteiger partial charge in [-0.05, 0) is 125 Å². The summed E-state index contributed by atoms with van der Waals surface area (Å²) in [5.74, 6) is 2.60. The van der Waals surface area contributed by atoms with Crippen molar-refractivity contribution in [2.75, 3.05) is 0 Å². The molecule has 0 N–H and O–H groups in total. The van der Waals surface area contributed by atoms with Crippen molar-refractivity contribution in [3.8, 4) is 203 Å². The smallest absolute Gasteiger partial charge is 0.160 e. The minimum absolute atomic E-state index is 0.639. The topological polar surface area (TPSA) is 180 Å². The van der Waals surface area contributed by atoms with Crippen molar-refractivity contribution in [3.05, 3.63) is 425 Å². The van der Waals surface area contributed by atoms with Crippen LogP contribution in [0.25, 0.3) is 203 Å². The fraction of sp³-hybridized carbons (Fsp3) is 0. The first-order chi connectivity index (χ1) is 59.4. The van der Waals surface area contributed by atoms with Crippen LogP contribution in [-0.4, -0.2) is 69.8 Å². The van der Waals surface area contributed by atoms with Gasteiger partial charge in [-0.15, -0.1) is 0 Å². The van der Waals surface area contributed by atoms with Crippen molar-refractivity contribution in [1.82, 2.24) is 69.8 Å². The van der Waals surface area contributed by atoms with E-state index < -0.39 is 0 Å². The fourth-order valence-electron chi connectivity index (χ4n) is 14.4. The largest absolute Gasteiger partial charge is 0.255 e. The number of aromatic nitrogens is 14. The van der Waals surface area contributed by atoms with Crippen LogP contribution < -0.4 is 0 Å². The van der Waals surface area contributed by atoms with E-state index in [4.69, 9.17) is 59.8 Å². The third kappa shape index (κ3) is 16.7. The molecule has 10 aromatic heterocycles. The second-order valence-electron chi connectivity index (χ2n) is 28.5. The van der Waals surface area contributed by atoms with Crippen LogP contribution in [-0.2, 0) is 0 Å². The number of pyridine rings is 6. The summed E-state index contributed by atoms with van der Waals surface area (Å²) in [5, 5.41) is 0. The molecule has 0 fully saturated rings. The molecule has 120 heavy (non-hydrogen) atoms. The maximum absolute atomic E-state index is 5.15. The molecule has 0 saturated heterocycles. The van der Waals surface area contributed by atoms with Gasteiger partial charge in [0.05, 0.1) is 91.1 Å². The van der Waals surface area contributed by atoms with Gasteiger partial charge in [0.1, 0.15) is 0 Å². The average Bonchev–Trinajstić information content (AvgIpc) is 0.794. The molecule has 0 amide bonds. The van der Waals surface area contributed by atoms with E-state index in [1.54, 1.807) is 12.4 Å². The van der Waals surface area contributed by atoms with Crippen LogP contribution >= 0.6 is 0 Å². The van der Waals surface area contributed by atoms with Crippen LogP contribution in [0.2, 0.25) is 0 Å². The van der Waals surface area contributed by atoms with Crippen molar-refractivity contribution < 1.29 is 0 Å². The number of rotatable bonds is 18. The van der Waals surface area contributed by atoms with Gasteiger partial charge in [0.2, 0.25) is 0 Å². The molecule has 564 valence electrons. The number of hydrogen-bond acceptors (Lipinski definition) is 14. The lowest BCUT2D eigenvalue weighted by molar-refractivity contribution is 1.18. The van der Waals surface area contributed by atoms with Gasteiger partial charge in [-0.25, -0.2) is 49.8 Å². The zero-order chi connectivity index (χ0) is 80.2.